The van der Waals surface area contributed by atoms with Gasteiger partial charge in [-0.1, -0.05) is 43.6 Å². The Kier molecular flexibility index (Phi) is 7.08. The van der Waals surface area contributed by atoms with Gasteiger partial charge >= 0.3 is 6.09 Å². The number of amides is 2. The fourth-order valence-electron chi connectivity index (χ4n) is 2.18. The quantitative estimate of drug-likeness (QED) is 0.837. The van der Waals surface area contributed by atoms with Gasteiger partial charge < -0.3 is 15.4 Å². The Morgan fingerprint density at radius 1 is 1.08 bits per heavy atom. The van der Waals surface area contributed by atoms with E-state index in [4.69, 9.17) is 16.3 Å². The van der Waals surface area contributed by atoms with Gasteiger partial charge in [0.05, 0.1) is 6.04 Å². The van der Waals surface area contributed by atoms with E-state index in [0.29, 0.717) is 5.02 Å². The van der Waals surface area contributed by atoms with Crippen molar-refractivity contribution in [2.24, 2.45) is 5.92 Å². The molecule has 0 saturated heterocycles. The van der Waals surface area contributed by atoms with Crippen LogP contribution >= 0.6 is 11.6 Å². The Hall–Kier alpha value is -1.75. The number of halogens is 1. The van der Waals surface area contributed by atoms with Crippen molar-refractivity contribution < 1.29 is 14.3 Å². The molecule has 0 spiro atoms. The lowest BCUT2D eigenvalue weighted by atomic mass is 10.0. The summed E-state index contributed by atoms with van der Waals surface area (Å²) in [5, 5.41) is 6.12. The Morgan fingerprint density at radius 3 is 2.17 bits per heavy atom. The van der Waals surface area contributed by atoms with E-state index in [9.17, 15) is 9.59 Å². The second-order valence-corrected chi connectivity index (χ2v) is 7.53. The molecule has 2 amide bonds. The molecule has 5 nitrogen and oxygen atoms in total. The third-order valence-corrected chi connectivity index (χ3v) is 3.70. The first-order valence-electron chi connectivity index (χ1n) is 8.05. The van der Waals surface area contributed by atoms with Crippen LogP contribution in [0.3, 0.4) is 0 Å². The molecule has 0 fully saturated rings. The lowest BCUT2D eigenvalue weighted by molar-refractivity contribution is -0.124. The molecule has 6 heteroatoms. The number of carbonyl (C=O) groups is 2. The Bertz CT molecular complexity index is 582. The van der Waals surface area contributed by atoms with Crippen LogP contribution in [0.15, 0.2) is 24.3 Å². The predicted octanol–water partition coefficient (Wildman–Crippen LogP) is 4.07. The number of hydrogen-bond acceptors (Lipinski definition) is 3. The maximum atomic E-state index is 12.6. The summed E-state index contributed by atoms with van der Waals surface area (Å²) in [6.07, 6.45) is -0.609. The third-order valence-electron chi connectivity index (χ3n) is 3.35. The number of hydrogen-bond donors (Lipinski definition) is 2. The highest BCUT2D eigenvalue weighted by Gasteiger charge is 2.28. The van der Waals surface area contributed by atoms with E-state index in [2.05, 4.69) is 10.6 Å². The number of carbonyl (C=O) groups excluding carboxylic acids is 2. The molecule has 0 saturated carbocycles. The van der Waals surface area contributed by atoms with Crippen molar-refractivity contribution in [2.45, 2.75) is 59.2 Å². The Labute approximate surface area is 149 Å². The second kappa shape index (κ2) is 8.38. The second-order valence-electron chi connectivity index (χ2n) is 7.12. The molecule has 0 aromatic heterocycles. The number of alkyl carbamates (subject to hydrolysis) is 1. The zero-order valence-corrected chi connectivity index (χ0v) is 15.9. The maximum absolute atomic E-state index is 12.6. The SMILES string of the molecule is CC(NC(=O)[C@@H](NC(=O)OC(C)(C)C)C(C)C)c1ccccc1Cl. The smallest absolute Gasteiger partial charge is 0.408 e. The molecular weight excluding hydrogens is 328 g/mol. The fourth-order valence-corrected chi connectivity index (χ4v) is 2.48. The standard InChI is InChI=1S/C18H27ClN2O3/c1-11(2)15(21-17(23)24-18(4,5)6)16(22)20-12(3)13-9-7-8-10-14(13)19/h7-12,15H,1-6H3,(H,20,22)(H,21,23)/t12?,15-/m0/s1. The van der Waals surface area contributed by atoms with Gasteiger partial charge in [-0.15, -0.1) is 0 Å². The fraction of sp³-hybridized carbons (Fsp3) is 0.556. The number of nitrogens with one attached hydrogen (secondary N) is 2. The van der Waals surface area contributed by atoms with Crippen LogP contribution in [0.4, 0.5) is 4.79 Å². The molecule has 0 bridgehead atoms. The van der Waals surface area contributed by atoms with E-state index < -0.39 is 17.7 Å². The first-order valence-corrected chi connectivity index (χ1v) is 8.43. The van der Waals surface area contributed by atoms with Crippen molar-refractivity contribution in [2.75, 3.05) is 0 Å². The summed E-state index contributed by atoms with van der Waals surface area (Å²) in [7, 11) is 0. The number of benzene rings is 1. The molecule has 0 heterocycles. The summed E-state index contributed by atoms with van der Waals surface area (Å²) in [5.41, 5.74) is 0.208. The highest BCUT2D eigenvalue weighted by Crippen LogP contribution is 2.22. The molecule has 2 atom stereocenters. The molecule has 0 radical (unpaired) electrons. The van der Waals surface area contributed by atoms with Gasteiger partial charge in [-0.05, 0) is 45.2 Å². The van der Waals surface area contributed by atoms with Gasteiger partial charge in [-0.25, -0.2) is 4.79 Å². The highest BCUT2D eigenvalue weighted by molar-refractivity contribution is 6.31. The molecule has 0 aliphatic carbocycles. The summed E-state index contributed by atoms with van der Waals surface area (Å²) in [4.78, 5) is 24.5. The first kappa shape index (κ1) is 20.3. The molecular formula is C18H27ClN2O3. The van der Waals surface area contributed by atoms with Crippen molar-refractivity contribution >= 4 is 23.6 Å². The van der Waals surface area contributed by atoms with Crippen molar-refractivity contribution in [3.05, 3.63) is 34.9 Å². The minimum atomic E-state index is -0.690. The maximum Gasteiger partial charge on any atom is 0.408 e. The van der Waals surface area contributed by atoms with E-state index >= 15 is 0 Å². The minimum absolute atomic E-state index is 0.0871. The summed E-state index contributed by atoms with van der Waals surface area (Å²) >= 11 is 6.16. The highest BCUT2D eigenvalue weighted by atomic mass is 35.5. The van der Waals surface area contributed by atoms with E-state index in [1.807, 2.05) is 39.0 Å². The first-order chi connectivity index (χ1) is 11.0. The van der Waals surface area contributed by atoms with Gasteiger partial charge in [0.25, 0.3) is 0 Å². The average molecular weight is 355 g/mol. The molecule has 0 aliphatic rings. The van der Waals surface area contributed by atoms with E-state index in [0.717, 1.165) is 5.56 Å². The van der Waals surface area contributed by atoms with Crippen molar-refractivity contribution in [3.63, 3.8) is 0 Å². The lowest BCUT2D eigenvalue weighted by Gasteiger charge is -2.26. The molecule has 1 rings (SSSR count). The normalized spacial score (nSPS) is 14.0. The number of ether oxygens (including phenoxy) is 1. The van der Waals surface area contributed by atoms with Gasteiger partial charge in [-0.2, -0.15) is 0 Å². The van der Waals surface area contributed by atoms with Crippen LogP contribution in [0.1, 0.15) is 53.1 Å². The molecule has 1 aromatic rings. The van der Waals surface area contributed by atoms with Crippen LogP contribution in [0.5, 0.6) is 0 Å². The summed E-state index contributed by atoms with van der Waals surface area (Å²) in [5.74, 6) is -0.362. The van der Waals surface area contributed by atoms with E-state index in [1.54, 1.807) is 26.8 Å². The topological polar surface area (TPSA) is 67.4 Å². The van der Waals surface area contributed by atoms with Crippen LogP contribution in [0.25, 0.3) is 0 Å². The lowest BCUT2D eigenvalue weighted by Crippen LogP contribution is -2.51. The predicted molar refractivity (Wildman–Crippen MR) is 96.0 cm³/mol. The minimum Gasteiger partial charge on any atom is -0.444 e. The van der Waals surface area contributed by atoms with Crippen LogP contribution in [-0.4, -0.2) is 23.6 Å². The van der Waals surface area contributed by atoms with Gasteiger partial charge in [0.1, 0.15) is 11.6 Å². The molecule has 0 aliphatic heterocycles. The third kappa shape index (κ3) is 6.40. The monoisotopic (exact) mass is 354 g/mol. The average Bonchev–Trinajstić information content (AvgIpc) is 2.42. The summed E-state index contributed by atoms with van der Waals surface area (Å²) in [6.45, 7) is 10.9. The largest absolute Gasteiger partial charge is 0.444 e. The van der Waals surface area contributed by atoms with Crippen molar-refractivity contribution in [3.8, 4) is 0 Å². The van der Waals surface area contributed by atoms with Gasteiger partial charge in [0.2, 0.25) is 5.91 Å². The van der Waals surface area contributed by atoms with Crippen LogP contribution in [-0.2, 0) is 9.53 Å². The Morgan fingerprint density at radius 2 is 1.67 bits per heavy atom. The molecule has 2 N–H and O–H groups in total. The zero-order valence-electron chi connectivity index (χ0n) is 15.1. The van der Waals surface area contributed by atoms with Gasteiger partial charge in [0, 0.05) is 5.02 Å². The van der Waals surface area contributed by atoms with Crippen LogP contribution in [0.2, 0.25) is 5.02 Å². The molecule has 1 aromatic carbocycles. The van der Waals surface area contributed by atoms with Gasteiger partial charge in [-0.3, -0.25) is 4.79 Å². The van der Waals surface area contributed by atoms with E-state index in [1.165, 1.54) is 0 Å². The summed E-state index contributed by atoms with van der Waals surface area (Å²) in [6, 6.07) is 6.37. The Balaban J connectivity index is 2.77. The summed E-state index contributed by atoms with van der Waals surface area (Å²) < 4.78 is 5.23. The van der Waals surface area contributed by atoms with Crippen LogP contribution < -0.4 is 10.6 Å². The molecule has 1 unspecified atom stereocenters. The van der Waals surface area contributed by atoms with Crippen molar-refractivity contribution in [1.29, 1.82) is 0 Å². The van der Waals surface area contributed by atoms with Crippen molar-refractivity contribution in [1.82, 2.24) is 10.6 Å². The zero-order chi connectivity index (χ0) is 18.5. The number of rotatable bonds is 5. The molecule has 134 valence electrons. The van der Waals surface area contributed by atoms with Crippen LogP contribution in [0, 0.1) is 5.92 Å². The van der Waals surface area contributed by atoms with E-state index in [-0.39, 0.29) is 17.9 Å². The van der Waals surface area contributed by atoms with Gasteiger partial charge in [0.15, 0.2) is 0 Å². The molecule has 24 heavy (non-hydrogen) atoms.